The van der Waals surface area contributed by atoms with Crippen molar-refractivity contribution in [2.45, 2.75) is 32.8 Å². The fourth-order valence-corrected chi connectivity index (χ4v) is 3.71. The highest BCUT2D eigenvalue weighted by molar-refractivity contribution is 6.13. The van der Waals surface area contributed by atoms with Gasteiger partial charge in [-0.3, -0.25) is 4.99 Å². The molecular weight excluding hydrogens is 458 g/mol. The molecule has 1 aromatic heterocycles. The first-order valence-corrected chi connectivity index (χ1v) is 12.0. The first kappa shape index (κ1) is 26.8. The van der Waals surface area contributed by atoms with E-state index >= 15 is 0 Å². The molecule has 0 unspecified atom stereocenters. The third kappa shape index (κ3) is 6.46. The van der Waals surface area contributed by atoms with Gasteiger partial charge in [-0.1, -0.05) is 13.8 Å². The van der Waals surface area contributed by atoms with Crippen molar-refractivity contribution in [2.24, 2.45) is 9.98 Å². The summed E-state index contributed by atoms with van der Waals surface area (Å²) in [6, 6.07) is 9.52. The van der Waals surface area contributed by atoms with Gasteiger partial charge in [-0.2, -0.15) is 0 Å². The van der Waals surface area contributed by atoms with E-state index < -0.39 is 0 Å². The molecule has 0 fully saturated rings. The van der Waals surface area contributed by atoms with Crippen LogP contribution in [0.4, 0.5) is 5.69 Å². The van der Waals surface area contributed by atoms with Crippen LogP contribution in [0.5, 0.6) is 5.75 Å². The average molecular weight is 494 g/mol. The van der Waals surface area contributed by atoms with Gasteiger partial charge in [-0.15, -0.1) is 0 Å². The molecule has 0 saturated carbocycles. The number of hydrogen-bond acceptors (Lipinski definition) is 8. The zero-order valence-electron chi connectivity index (χ0n) is 21.7. The molecule has 8 heteroatoms. The van der Waals surface area contributed by atoms with Crippen molar-refractivity contribution in [3.05, 3.63) is 71.7 Å². The summed E-state index contributed by atoms with van der Waals surface area (Å²) in [5.41, 5.74) is 2.99. The van der Waals surface area contributed by atoms with Crippen LogP contribution in [0.2, 0.25) is 0 Å². The molecular formula is C28H35N3O5. The Hall–Kier alpha value is -3.78. The number of furan rings is 1. The highest BCUT2D eigenvalue weighted by atomic mass is 16.5. The Bertz CT molecular complexity index is 1140. The van der Waals surface area contributed by atoms with Gasteiger partial charge in [-0.25, -0.2) is 4.99 Å². The second kappa shape index (κ2) is 13.3. The lowest BCUT2D eigenvalue weighted by molar-refractivity contribution is 0.0950. The summed E-state index contributed by atoms with van der Waals surface area (Å²) in [4.78, 5) is 8.75. The van der Waals surface area contributed by atoms with E-state index in [0.29, 0.717) is 47.7 Å². The maximum atomic E-state index is 6.26. The second-order valence-electron chi connectivity index (χ2n) is 7.96. The summed E-state index contributed by atoms with van der Waals surface area (Å²) in [6.45, 7) is 8.86. The minimum absolute atomic E-state index is 0.0648. The number of nitrogens with one attached hydrogen (secondary N) is 1. The number of hydrogen-bond donors (Lipinski definition) is 1. The van der Waals surface area contributed by atoms with Gasteiger partial charge in [0.05, 0.1) is 37.5 Å². The van der Waals surface area contributed by atoms with E-state index in [0.717, 1.165) is 29.7 Å². The average Bonchev–Trinajstić information content (AvgIpc) is 3.46. The van der Waals surface area contributed by atoms with Crippen molar-refractivity contribution in [3.8, 4) is 17.1 Å². The second-order valence-corrected chi connectivity index (χ2v) is 7.96. The lowest BCUT2D eigenvalue weighted by atomic mass is 10.0. The molecule has 1 aromatic carbocycles. The molecule has 1 aliphatic carbocycles. The van der Waals surface area contributed by atoms with Crippen molar-refractivity contribution in [1.82, 2.24) is 0 Å². The van der Waals surface area contributed by atoms with E-state index in [1.165, 1.54) is 0 Å². The number of anilines is 1. The van der Waals surface area contributed by atoms with Gasteiger partial charge < -0.3 is 28.7 Å². The minimum atomic E-state index is 0.0648. The van der Waals surface area contributed by atoms with E-state index in [4.69, 9.17) is 23.4 Å². The van der Waals surface area contributed by atoms with Crippen molar-refractivity contribution in [3.63, 3.8) is 0 Å². The predicted molar refractivity (Wildman–Crippen MR) is 144 cm³/mol. The van der Waals surface area contributed by atoms with Crippen LogP contribution in [0.1, 0.15) is 26.7 Å². The molecule has 0 saturated heterocycles. The quantitative estimate of drug-likeness (QED) is 0.272. The van der Waals surface area contributed by atoms with E-state index in [1.807, 2.05) is 42.5 Å². The third-order valence-corrected chi connectivity index (χ3v) is 5.72. The molecule has 0 radical (unpaired) electrons. The van der Waals surface area contributed by atoms with Crippen LogP contribution < -0.4 is 10.1 Å². The summed E-state index contributed by atoms with van der Waals surface area (Å²) in [5.74, 6) is 3.11. The van der Waals surface area contributed by atoms with E-state index in [-0.39, 0.29) is 6.10 Å². The predicted octanol–water partition coefficient (Wildman–Crippen LogP) is 6.00. The zero-order valence-corrected chi connectivity index (χ0v) is 21.7. The molecule has 0 atom stereocenters. The number of nitrogens with zero attached hydrogens (tertiary/aromatic N) is 2. The first-order valence-electron chi connectivity index (χ1n) is 12.0. The monoisotopic (exact) mass is 493 g/mol. The van der Waals surface area contributed by atoms with Crippen LogP contribution in [0.3, 0.4) is 0 Å². The molecule has 2 aromatic rings. The Morgan fingerprint density at radius 1 is 1.08 bits per heavy atom. The van der Waals surface area contributed by atoms with Crippen LogP contribution in [-0.2, 0) is 14.2 Å². The van der Waals surface area contributed by atoms with E-state index in [2.05, 4.69) is 35.9 Å². The summed E-state index contributed by atoms with van der Waals surface area (Å²) < 4.78 is 28.5. The molecule has 1 heterocycles. The van der Waals surface area contributed by atoms with Gasteiger partial charge in [0, 0.05) is 31.4 Å². The van der Waals surface area contributed by atoms with Crippen LogP contribution >= 0.6 is 0 Å². The topological polar surface area (TPSA) is 86.8 Å². The van der Waals surface area contributed by atoms with Gasteiger partial charge in [0.1, 0.15) is 23.9 Å². The number of methoxy groups -OCH3 is 2. The highest BCUT2D eigenvalue weighted by Crippen LogP contribution is 2.34. The molecule has 1 aliphatic rings. The van der Waals surface area contributed by atoms with Gasteiger partial charge in [-0.05, 0) is 56.0 Å². The SMILES string of the molecule is C=N/C(Nc1cc(-c2ccco2)ccc1OCCOC)=C1/C=C(OC(CC)CC)C(OC)=C/C1=N/C. The summed E-state index contributed by atoms with van der Waals surface area (Å²) in [5, 5.41) is 3.39. The maximum absolute atomic E-state index is 6.26. The molecule has 192 valence electrons. The molecule has 0 spiro atoms. The van der Waals surface area contributed by atoms with Crippen molar-refractivity contribution in [2.75, 3.05) is 39.8 Å². The zero-order chi connectivity index (χ0) is 25.9. The molecule has 1 N–H and O–H groups in total. The van der Waals surface area contributed by atoms with E-state index in [9.17, 15) is 0 Å². The summed E-state index contributed by atoms with van der Waals surface area (Å²) >= 11 is 0. The largest absolute Gasteiger partial charge is 0.493 e. The molecule has 8 nitrogen and oxygen atoms in total. The molecule has 0 aliphatic heterocycles. The first-order chi connectivity index (χ1) is 17.6. The van der Waals surface area contributed by atoms with Gasteiger partial charge in [0.2, 0.25) is 0 Å². The minimum Gasteiger partial charge on any atom is -0.493 e. The maximum Gasteiger partial charge on any atom is 0.162 e. The number of aliphatic imine (C=N–C) groups is 2. The summed E-state index contributed by atoms with van der Waals surface area (Å²) in [6.07, 6.45) is 7.20. The number of rotatable bonds is 13. The van der Waals surface area contributed by atoms with Crippen molar-refractivity contribution < 1.29 is 23.4 Å². The summed E-state index contributed by atoms with van der Waals surface area (Å²) in [7, 11) is 4.97. The number of ether oxygens (including phenoxy) is 4. The van der Waals surface area contributed by atoms with Gasteiger partial charge >= 0.3 is 0 Å². The molecule has 0 bridgehead atoms. The lowest BCUT2D eigenvalue weighted by Gasteiger charge is -2.24. The van der Waals surface area contributed by atoms with Gasteiger partial charge in [0.25, 0.3) is 0 Å². The molecule has 36 heavy (non-hydrogen) atoms. The van der Waals surface area contributed by atoms with Crippen LogP contribution in [0.25, 0.3) is 11.3 Å². The van der Waals surface area contributed by atoms with Crippen molar-refractivity contribution >= 4 is 18.1 Å². The molecule has 0 amide bonds. The third-order valence-electron chi connectivity index (χ3n) is 5.72. The molecule has 3 rings (SSSR count). The number of allylic oxidation sites excluding steroid dienone is 3. The normalized spacial score (nSPS) is 15.9. The highest BCUT2D eigenvalue weighted by Gasteiger charge is 2.23. The Morgan fingerprint density at radius 2 is 1.89 bits per heavy atom. The lowest BCUT2D eigenvalue weighted by Crippen LogP contribution is -2.18. The van der Waals surface area contributed by atoms with Crippen LogP contribution in [-0.4, -0.2) is 53.0 Å². The smallest absolute Gasteiger partial charge is 0.162 e. The Labute approximate surface area is 213 Å². The Balaban J connectivity index is 2.06. The standard InChI is InChI=1S/C28H35N3O5/c1-7-20(8-2)36-27-17-21(22(29-3)18-26(27)33-6)28(30-4)31-23-16-19(24-10-9-13-34-24)11-12-25(23)35-15-14-32-5/h9-13,16-18,20,31H,4,7-8,14-15H2,1-3,5-6H3/b28-21+,29-22-. The fourth-order valence-electron chi connectivity index (χ4n) is 3.71. The number of benzene rings is 1. The fraction of sp³-hybridized carbons (Fsp3) is 0.357. The van der Waals surface area contributed by atoms with E-state index in [1.54, 1.807) is 27.5 Å². The van der Waals surface area contributed by atoms with Crippen LogP contribution in [0, 0.1) is 0 Å². The van der Waals surface area contributed by atoms with Crippen LogP contribution in [0.15, 0.2) is 86.1 Å². The Morgan fingerprint density at radius 3 is 2.50 bits per heavy atom. The Kier molecular flexibility index (Phi) is 9.94. The van der Waals surface area contributed by atoms with Crippen molar-refractivity contribution in [1.29, 1.82) is 0 Å². The van der Waals surface area contributed by atoms with Gasteiger partial charge in [0.15, 0.2) is 11.5 Å².